The van der Waals surface area contributed by atoms with Crippen LogP contribution in [0.4, 0.5) is 0 Å². The molecule has 1 aromatic carbocycles. The zero-order chi connectivity index (χ0) is 12.1. The van der Waals surface area contributed by atoms with Crippen molar-refractivity contribution >= 4 is 31.9 Å². The third kappa shape index (κ3) is 3.54. The number of rotatable bonds is 4. The molecule has 0 fully saturated rings. The lowest BCUT2D eigenvalue weighted by Gasteiger charge is -2.09. The third-order valence-corrected chi connectivity index (χ3v) is 3.35. The summed E-state index contributed by atoms with van der Waals surface area (Å²) in [7, 11) is 0. The Bertz CT molecular complexity index is 485. The molecule has 0 unspecified atom stereocenters. The number of hydrogen-bond donors (Lipinski definition) is 0. The van der Waals surface area contributed by atoms with Gasteiger partial charge in [0.2, 0.25) is 0 Å². The average molecular weight is 357 g/mol. The highest BCUT2D eigenvalue weighted by Gasteiger charge is 2.02. The van der Waals surface area contributed by atoms with Gasteiger partial charge in [-0.05, 0) is 34.1 Å². The maximum Gasteiger partial charge on any atom is 0.130 e. The molecule has 0 spiro atoms. The van der Waals surface area contributed by atoms with Crippen molar-refractivity contribution in [1.29, 1.82) is 0 Å². The van der Waals surface area contributed by atoms with E-state index in [1.807, 2.05) is 36.4 Å². The quantitative estimate of drug-likeness (QED) is 0.761. The van der Waals surface area contributed by atoms with Gasteiger partial charge in [0, 0.05) is 21.6 Å². The van der Waals surface area contributed by atoms with Crippen LogP contribution in [-0.2, 0) is 11.9 Å². The maximum absolute atomic E-state index is 5.75. The SMILES string of the molecule is BrCc1ccccc1OCc1ccc(Br)cn1. The molecule has 0 amide bonds. The number of alkyl halides is 1. The molecule has 1 heterocycles. The largest absolute Gasteiger partial charge is 0.487 e. The van der Waals surface area contributed by atoms with E-state index < -0.39 is 0 Å². The minimum absolute atomic E-state index is 0.483. The summed E-state index contributed by atoms with van der Waals surface area (Å²) in [5, 5.41) is 0.789. The minimum Gasteiger partial charge on any atom is -0.487 e. The van der Waals surface area contributed by atoms with Crippen molar-refractivity contribution in [2.24, 2.45) is 0 Å². The molecule has 0 aliphatic heterocycles. The van der Waals surface area contributed by atoms with Gasteiger partial charge in [-0.15, -0.1) is 0 Å². The number of hydrogen-bond acceptors (Lipinski definition) is 2. The van der Waals surface area contributed by atoms with Gasteiger partial charge in [0.05, 0.1) is 5.69 Å². The van der Waals surface area contributed by atoms with Gasteiger partial charge in [-0.3, -0.25) is 4.98 Å². The van der Waals surface area contributed by atoms with Gasteiger partial charge >= 0.3 is 0 Å². The van der Waals surface area contributed by atoms with Gasteiger partial charge in [0.15, 0.2) is 0 Å². The van der Waals surface area contributed by atoms with Crippen molar-refractivity contribution in [1.82, 2.24) is 4.98 Å². The molecule has 88 valence electrons. The van der Waals surface area contributed by atoms with Gasteiger partial charge in [-0.25, -0.2) is 0 Å². The third-order valence-electron chi connectivity index (χ3n) is 2.28. The normalized spacial score (nSPS) is 10.2. The van der Waals surface area contributed by atoms with E-state index in [0.717, 1.165) is 26.8 Å². The van der Waals surface area contributed by atoms with Crippen molar-refractivity contribution in [2.75, 3.05) is 0 Å². The van der Waals surface area contributed by atoms with Gasteiger partial charge < -0.3 is 4.74 Å². The molecule has 2 nitrogen and oxygen atoms in total. The molecular formula is C13H11Br2NO. The van der Waals surface area contributed by atoms with Crippen LogP contribution in [0.25, 0.3) is 0 Å². The van der Waals surface area contributed by atoms with Gasteiger partial charge in [-0.2, -0.15) is 0 Å². The van der Waals surface area contributed by atoms with Crippen LogP contribution < -0.4 is 4.74 Å². The summed E-state index contributed by atoms with van der Waals surface area (Å²) in [6.45, 7) is 0.483. The Labute approximate surface area is 117 Å². The lowest BCUT2D eigenvalue weighted by molar-refractivity contribution is 0.299. The number of benzene rings is 1. The Morgan fingerprint density at radius 1 is 1.12 bits per heavy atom. The minimum atomic E-state index is 0.483. The van der Waals surface area contributed by atoms with Crippen LogP contribution in [0.5, 0.6) is 5.75 Å². The summed E-state index contributed by atoms with van der Waals surface area (Å²) in [6, 6.07) is 11.9. The molecule has 0 aliphatic carbocycles. The van der Waals surface area contributed by atoms with Crippen LogP contribution >= 0.6 is 31.9 Å². The van der Waals surface area contributed by atoms with Crippen LogP contribution in [0.2, 0.25) is 0 Å². The highest BCUT2D eigenvalue weighted by molar-refractivity contribution is 9.10. The Morgan fingerprint density at radius 3 is 2.65 bits per heavy atom. The highest BCUT2D eigenvalue weighted by Crippen LogP contribution is 2.21. The number of pyridine rings is 1. The smallest absolute Gasteiger partial charge is 0.130 e. The van der Waals surface area contributed by atoms with Crippen LogP contribution in [0, 0.1) is 0 Å². The fourth-order valence-electron chi connectivity index (χ4n) is 1.40. The zero-order valence-electron chi connectivity index (χ0n) is 9.07. The summed E-state index contributed by atoms with van der Waals surface area (Å²) < 4.78 is 6.72. The standard InChI is InChI=1S/C13H11Br2NO/c14-7-10-3-1-2-4-13(10)17-9-12-6-5-11(15)8-16-12/h1-6,8H,7,9H2. The topological polar surface area (TPSA) is 22.1 Å². The second kappa shape index (κ2) is 6.17. The summed E-state index contributed by atoms with van der Waals surface area (Å²) in [5.41, 5.74) is 2.06. The highest BCUT2D eigenvalue weighted by atomic mass is 79.9. The Morgan fingerprint density at radius 2 is 1.94 bits per heavy atom. The van der Waals surface area contributed by atoms with Crippen molar-refractivity contribution in [3.8, 4) is 5.75 Å². The number of nitrogens with zero attached hydrogens (tertiary/aromatic N) is 1. The summed E-state index contributed by atoms with van der Waals surface area (Å²) in [5.74, 6) is 0.897. The van der Waals surface area contributed by atoms with Crippen LogP contribution in [0.3, 0.4) is 0 Å². The van der Waals surface area contributed by atoms with Gasteiger partial charge in [0.1, 0.15) is 12.4 Å². The molecule has 0 atom stereocenters. The van der Waals surface area contributed by atoms with E-state index in [2.05, 4.69) is 36.8 Å². The van der Waals surface area contributed by atoms with Gasteiger partial charge in [0.25, 0.3) is 0 Å². The second-order valence-electron chi connectivity index (χ2n) is 3.50. The van der Waals surface area contributed by atoms with Gasteiger partial charge in [-0.1, -0.05) is 34.1 Å². The predicted molar refractivity (Wildman–Crippen MR) is 75.3 cm³/mol. The number of para-hydroxylation sites is 1. The van der Waals surface area contributed by atoms with Crippen LogP contribution in [0.1, 0.15) is 11.3 Å². The van der Waals surface area contributed by atoms with Crippen molar-refractivity contribution < 1.29 is 4.74 Å². The Kier molecular flexibility index (Phi) is 4.57. The number of aromatic nitrogens is 1. The maximum atomic E-state index is 5.75. The lowest BCUT2D eigenvalue weighted by Crippen LogP contribution is -1.99. The van der Waals surface area contributed by atoms with E-state index in [0.29, 0.717) is 6.61 Å². The first-order chi connectivity index (χ1) is 8.29. The Hall–Kier alpha value is -0.870. The molecule has 17 heavy (non-hydrogen) atoms. The van der Waals surface area contributed by atoms with E-state index in [1.165, 1.54) is 0 Å². The molecule has 0 saturated heterocycles. The van der Waals surface area contributed by atoms with Crippen molar-refractivity contribution in [2.45, 2.75) is 11.9 Å². The Balaban J connectivity index is 2.04. The molecule has 0 bridgehead atoms. The number of ether oxygens (including phenoxy) is 1. The molecule has 0 aliphatic rings. The molecular weight excluding hydrogens is 346 g/mol. The summed E-state index contributed by atoms with van der Waals surface area (Å²) in [6.07, 6.45) is 1.77. The first-order valence-electron chi connectivity index (χ1n) is 5.16. The molecule has 1 aromatic heterocycles. The van der Waals surface area contributed by atoms with E-state index >= 15 is 0 Å². The fourth-order valence-corrected chi connectivity index (χ4v) is 2.10. The number of halogens is 2. The molecule has 0 N–H and O–H groups in total. The molecule has 0 radical (unpaired) electrons. The first-order valence-corrected chi connectivity index (χ1v) is 7.08. The van der Waals surface area contributed by atoms with E-state index in [4.69, 9.17) is 4.74 Å². The lowest BCUT2D eigenvalue weighted by atomic mass is 10.2. The zero-order valence-corrected chi connectivity index (χ0v) is 12.2. The average Bonchev–Trinajstić information content (AvgIpc) is 2.38. The first kappa shape index (κ1) is 12.6. The fraction of sp³-hybridized carbons (Fsp3) is 0.154. The van der Waals surface area contributed by atoms with E-state index in [9.17, 15) is 0 Å². The molecule has 0 saturated carbocycles. The summed E-state index contributed by atoms with van der Waals surface area (Å²) in [4.78, 5) is 4.27. The molecule has 2 rings (SSSR count). The molecule has 4 heteroatoms. The monoisotopic (exact) mass is 355 g/mol. The van der Waals surface area contributed by atoms with Crippen molar-refractivity contribution in [3.63, 3.8) is 0 Å². The second-order valence-corrected chi connectivity index (χ2v) is 4.97. The summed E-state index contributed by atoms with van der Waals surface area (Å²) >= 11 is 6.80. The van der Waals surface area contributed by atoms with Crippen LogP contribution in [0.15, 0.2) is 47.1 Å². The molecule has 2 aromatic rings. The predicted octanol–water partition coefficient (Wildman–Crippen LogP) is 4.32. The van der Waals surface area contributed by atoms with E-state index in [-0.39, 0.29) is 0 Å². The van der Waals surface area contributed by atoms with E-state index in [1.54, 1.807) is 6.20 Å². The van der Waals surface area contributed by atoms with Crippen molar-refractivity contribution in [3.05, 3.63) is 58.3 Å². The van der Waals surface area contributed by atoms with Crippen LogP contribution in [-0.4, -0.2) is 4.98 Å².